The predicted molar refractivity (Wildman–Crippen MR) is 112 cm³/mol. The van der Waals surface area contributed by atoms with E-state index >= 15 is 0 Å². The third-order valence-corrected chi connectivity index (χ3v) is 4.60. The smallest absolute Gasteiger partial charge is 0.344 e. The number of carbonyl (C=O) groups excluding carboxylic acids is 2. The van der Waals surface area contributed by atoms with Crippen LogP contribution in [0.25, 0.3) is 10.8 Å². The number of hydrogen-bond donors (Lipinski definition) is 0. The average Bonchev–Trinajstić information content (AvgIpc) is 2.76. The summed E-state index contributed by atoms with van der Waals surface area (Å²) >= 11 is 0. The molecule has 3 rings (SSSR count). The molecule has 0 spiro atoms. The summed E-state index contributed by atoms with van der Waals surface area (Å²) in [5.74, 6) is 0.204. The van der Waals surface area contributed by atoms with Crippen LogP contribution in [0.15, 0.2) is 60.7 Å². The molecule has 3 aromatic rings. The fourth-order valence-electron chi connectivity index (χ4n) is 3.05. The van der Waals surface area contributed by atoms with Gasteiger partial charge in [0.25, 0.3) is 0 Å². The van der Waals surface area contributed by atoms with Gasteiger partial charge in [-0.05, 0) is 48.2 Å². The molecule has 0 saturated heterocycles. The van der Waals surface area contributed by atoms with Crippen LogP contribution in [0.1, 0.15) is 46.9 Å². The van der Waals surface area contributed by atoms with Crippen molar-refractivity contribution < 1.29 is 23.8 Å². The molecule has 0 radical (unpaired) electrons. The summed E-state index contributed by atoms with van der Waals surface area (Å²) in [6.07, 6.45) is 3.25. The van der Waals surface area contributed by atoms with Gasteiger partial charge >= 0.3 is 11.9 Å². The van der Waals surface area contributed by atoms with Gasteiger partial charge < -0.3 is 14.2 Å². The lowest BCUT2D eigenvalue weighted by Gasteiger charge is -2.12. The summed E-state index contributed by atoms with van der Waals surface area (Å²) < 4.78 is 16.1. The lowest BCUT2D eigenvalue weighted by Crippen LogP contribution is -2.10. The topological polar surface area (TPSA) is 61.8 Å². The van der Waals surface area contributed by atoms with Crippen molar-refractivity contribution >= 4 is 22.7 Å². The Balaban J connectivity index is 1.80. The van der Waals surface area contributed by atoms with E-state index in [0.29, 0.717) is 23.5 Å². The minimum atomic E-state index is -0.468. The minimum absolute atomic E-state index is 0.353. The largest absolute Gasteiger partial charge is 0.493 e. The zero-order chi connectivity index (χ0) is 20.6. The van der Waals surface area contributed by atoms with Crippen molar-refractivity contribution in [1.82, 2.24) is 0 Å². The second-order valence-corrected chi connectivity index (χ2v) is 6.62. The first-order valence-corrected chi connectivity index (χ1v) is 9.69. The van der Waals surface area contributed by atoms with Crippen molar-refractivity contribution in [3.8, 4) is 11.5 Å². The molecule has 0 N–H and O–H groups in total. The van der Waals surface area contributed by atoms with Gasteiger partial charge in [-0.2, -0.15) is 0 Å². The zero-order valence-corrected chi connectivity index (χ0v) is 16.6. The van der Waals surface area contributed by atoms with Crippen molar-refractivity contribution in [1.29, 1.82) is 0 Å². The Labute approximate surface area is 170 Å². The summed E-state index contributed by atoms with van der Waals surface area (Å²) in [4.78, 5) is 24.3. The second-order valence-electron chi connectivity index (χ2n) is 6.62. The van der Waals surface area contributed by atoms with Gasteiger partial charge in [0.05, 0.1) is 24.8 Å². The van der Waals surface area contributed by atoms with Gasteiger partial charge in [-0.15, -0.1) is 0 Å². The molecule has 0 amide bonds. The molecule has 0 saturated carbocycles. The quantitative estimate of drug-likeness (QED) is 0.291. The lowest BCUT2D eigenvalue weighted by atomic mass is 10.0. The van der Waals surface area contributed by atoms with Crippen molar-refractivity contribution in [3.63, 3.8) is 0 Å². The average molecular weight is 392 g/mol. The first-order chi connectivity index (χ1) is 14.1. The minimum Gasteiger partial charge on any atom is -0.493 e. The Morgan fingerprint density at radius 2 is 1.55 bits per heavy atom. The SMILES string of the molecule is CCCCCOc1ccc(C(=O)Oc2ccc(C(=O)OC)cc2)c2ccccc12. The summed E-state index contributed by atoms with van der Waals surface area (Å²) in [5.41, 5.74) is 0.848. The van der Waals surface area contributed by atoms with Crippen molar-refractivity contribution in [2.24, 2.45) is 0 Å². The fraction of sp³-hybridized carbons (Fsp3) is 0.250. The maximum atomic E-state index is 12.8. The number of fused-ring (bicyclic) bond motifs is 1. The maximum Gasteiger partial charge on any atom is 0.344 e. The number of carbonyl (C=O) groups is 2. The highest BCUT2D eigenvalue weighted by atomic mass is 16.5. The number of esters is 2. The molecule has 0 aromatic heterocycles. The predicted octanol–water partition coefficient (Wildman–Crippen LogP) is 5.41. The fourth-order valence-corrected chi connectivity index (χ4v) is 3.05. The second kappa shape index (κ2) is 9.73. The number of unbranched alkanes of at least 4 members (excludes halogenated alkanes) is 2. The van der Waals surface area contributed by atoms with Gasteiger partial charge in [0, 0.05) is 5.39 Å². The molecule has 3 aromatic carbocycles. The van der Waals surface area contributed by atoms with Gasteiger partial charge in [-0.1, -0.05) is 44.0 Å². The van der Waals surface area contributed by atoms with Crippen LogP contribution in [0.5, 0.6) is 11.5 Å². The molecule has 0 aliphatic rings. The van der Waals surface area contributed by atoms with Gasteiger partial charge in [0.1, 0.15) is 11.5 Å². The molecule has 0 fully saturated rings. The van der Waals surface area contributed by atoms with E-state index < -0.39 is 11.9 Å². The Bertz CT molecular complexity index is 992. The third kappa shape index (κ3) is 4.93. The van der Waals surface area contributed by atoms with E-state index in [9.17, 15) is 9.59 Å². The third-order valence-electron chi connectivity index (χ3n) is 4.60. The van der Waals surface area contributed by atoms with E-state index in [1.807, 2.05) is 30.3 Å². The van der Waals surface area contributed by atoms with Gasteiger partial charge in [0.2, 0.25) is 0 Å². The van der Waals surface area contributed by atoms with E-state index in [-0.39, 0.29) is 0 Å². The molecule has 0 unspecified atom stereocenters. The zero-order valence-electron chi connectivity index (χ0n) is 16.6. The van der Waals surface area contributed by atoms with Crippen molar-refractivity contribution in [2.75, 3.05) is 13.7 Å². The Kier molecular flexibility index (Phi) is 6.85. The number of methoxy groups -OCH3 is 1. The van der Waals surface area contributed by atoms with Gasteiger partial charge in [0.15, 0.2) is 0 Å². The van der Waals surface area contributed by atoms with Crippen LogP contribution in [0.3, 0.4) is 0 Å². The number of rotatable bonds is 8. The van der Waals surface area contributed by atoms with E-state index in [0.717, 1.165) is 35.8 Å². The number of hydrogen-bond acceptors (Lipinski definition) is 5. The standard InChI is InChI=1S/C24H24O5/c1-3-4-7-16-28-22-15-14-21(19-8-5-6-9-20(19)22)24(26)29-18-12-10-17(11-13-18)23(25)27-2/h5-6,8-15H,3-4,7,16H2,1-2H3. The van der Waals surface area contributed by atoms with E-state index in [4.69, 9.17) is 9.47 Å². The molecule has 29 heavy (non-hydrogen) atoms. The number of ether oxygens (including phenoxy) is 3. The molecule has 0 bridgehead atoms. The van der Waals surface area contributed by atoms with E-state index in [2.05, 4.69) is 11.7 Å². The Morgan fingerprint density at radius 3 is 2.24 bits per heavy atom. The van der Waals surface area contributed by atoms with Crippen LogP contribution in [0.4, 0.5) is 0 Å². The summed E-state index contributed by atoms with van der Waals surface area (Å²) in [5, 5.41) is 1.65. The number of benzene rings is 3. The molecule has 0 aliphatic heterocycles. The molecule has 5 nitrogen and oxygen atoms in total. The summed E-state index contributed by atoms with van der Waals surface area (Å²) in [6.45, 7) is 2.80. The van der Waals surface area contributed by atoms with Crippen LogP contribution in [0, 0.1) is 0 Å². The highest BCUT2D eigenvalue weighted by Gasteiger charge is 2.15. The van der Waals surface area contributed by atoms with Crippen molar-refractivity contribution in [2.45, 2.75) is 26.2 Å². The highest BCUT2D eigenvalue weighted by molar-refractivity contribution is 6.07. The first kappa shape index (κ1) is 20.4. The molecular formula is C24H24O5. The summed E-state index contributed by atoms with van der Waals surface area (Å²) in [7, 11) is 1.32. The normalized spacial score (nSPS) is 10.6. The molecule has 150 valence electrons. The Hall–Kier alpha value is -3.34. The van der Waals surface area contributed by atoms with E-state index in [1.165, 1.54) is 7.11 Å². The molecular weight excluding hydrogens is 368 g/mol. The van der Waals surface area contributed by atoms with Crippen LogP contribution in [-0.4, -0.2) is 25.7 Å². The monoisotopic (exact) mass is 392 g/mol. The molecule has 5 heteroatoms. The van der Waals surface area contributed by atoms with Crippen LogP contribution < -0.4 is 9.47 Å². The Morgan fingerprint density at radius 1 is 0.828 bits per heavy atom. The summed E-state index contributed by atoms with van der Waals surface area (Å²) in [6, 6.07) is 17.4. The maximum absolute atomic E-state index is 12.8. The highest BCUT2D eigenvalue weighted by Crippen LogP contribution is 2.29. The van der Waals surface area contributed by atoms with Gasteiger partial charge in [-0.25, -0.2) is 9.59 Å². The molecule has 0 heterocycles. The van der Waals surface area contributed by atoms with Crippen molar-refractivity contribution in [3.05, 3.63) is 71.8 Å². The van der Waals surface area contributed by atoms with Crippen LogP contribution in [0.2, 0.25) is 0 Å². The van der Waals surface area contributed by atoms with E-state index in [1.54, 1.807) is 30.3 Å². The molecule has 0 aliphatic carbocycles. The first-order valence-electron chi connectivity index (χ1n) is 9.69. The molecule has 0 atom stereocenters. The van der Waals surface area contributed by atoms with Crippen LogP contribution >= 0.6 is 0 Å². The van der Waals surface area contributed by atoms with Gasteiger partial charge in [-0.3, -0.25) is 0 Å². The van der Waals surface area contributed by atoms with Crippen LogP contribution in [-0.2, 0) is 4.74 Å². The lowest BCUT2D eigenvalue weighted by molar-refractivity contribution is 0.0600.